The second kappa shape index (κ2) is 12.1. The van der Waals surface area contributed by atoms with Gasteiger partial charge in [0, 0.05) is 50.2 Å². The Bertz CT molecular complexity index is 3190. The van der Waals surface area contributed by atoms with E-state index in [1.807, 2.05) is 6.07 Å². The van der Waals surface area contributed by atoms with Crippen molar-refractivity contribution in [3.8, 4) is 45.1 Å². The topological polar surface area (TPSA) is 35.6 Å². The Kier molecular flexibility index (Phi) is 6.82. The molecule has 0 saturated carbocycles. The first-order valence-corrected chi connectivity index (χ1v) is 18.3. The third kappa shape index (κ3) is 4.85. The minimum Gasteiger partial charge on any atom is -0.315 e. The lowest BCUT2D eigenvalue weighted by Gasteiger charge is -2.13. The molecule has 0 bridgehead atoms. The molecule has 0 fully saturated rings. The molecule has 3 aromatic heterocycles. The average Bonchev–Trinajstić information content (AvgIpc) is 3.83. The fourth-order valence-corrected chi connectivity index (χ4v) is 8.12. The second-order valence-corrected chi connectivity index (χ2v) is 13.9. The molecule has 0 aliphatic carbocycles. The molecule has 0 amide bonds. The van der Waals surface area contributed by atoms with Crippen molar-refractivity contribution in [1.82, 2.24) is 19.1 Å². The Labute approximate surface area is 311 Å². The van der Waals surface area contributed by atoms with Gasteiger partial charge in [0.1, 0.15) is 0 Å². The van der Waals surface area contributed by atoms with Gasteiger partial charge in [0.05, 0.1) is 27.8 Å². The van der Waals surface area contributed by atoms with E-state index in [0.717, 1.165) is 39.1 Å². The standard InChI is InChI=1S/C50H32N4/c1-2-12-40(13-3-1)53-31-30-36-26-29-43-42-14-7-9-17-46(42)54(49(43)48(36)53)41-27-24-37(25-28-41)50-51-45-16-8-6-15-44(45)47(52-50)35-21-18-34(19-22-35)39-23-20-33-10-4-5-11-38(33)32-39/h1-32H. The van der Waals surface area contributed by atoms with Crippen LogP contribution >= 0.6 is 0 Å². The Morgan fingerprint density at radius 1 is 0.370 bits per heavy atom. The lowest BCUT2D eigenvalue weighted by atomic mass is 9.98. The molecule has 0 N–H and O–H groups in total. The molecule has 11 rings (SSSR count). The molecule has 3 heterocycles. The first-order chi connectivity index (χ1) is 26.8. The van der Waals surface area contributed by atoms with Gasteiger partial charge in [0.25, 0.3) is 0 Å². The number of benzene rings is 8. The number of hydrogen-bond acceptors (Lipinski definition) is 2. The molecule has 0 unspecified atom stereocenters. The fraction of sp³-hybridized carbons (Fsp3) is 0. The number of nitrogens with zero attached hydrogens (tertiary/aromatic N) is 4. The zero-order valence-corrected chi connectivity index (χ0v) is 29.3. The molecule has 0 aliphatic heterocycles. The summed E-state index contributed by atoms with van der Waals surface area (Å²) in [5.41, 5.74) is 12.0. The number of hydrogen-bond donors (Lipinski definition) is 0. The van der Waals surface area contributed by atoms with Crippen molar-refractivity contribution in [1.29, 1.82) is 0 Å². The van der Waals surface area contributed by atoms with Crippen LogP contribution in [-0.4, -0.2) is 19.1 Å². The highest BCUT2D eigenvalue weighted by Gasteiger charge is 2.18. The van der Waals surface area contributed by atoms with Crippen molar-refractivity contribution in [3.05, 3.63) is 194 Å². The molecule has 0 spiro atoms. The second-order valence-electron chi connectivity index (χ2n) is 13.9. The summed E-state index contributed by atoms with van der Waals surface area (Å²) in [5.74, 6) is 0.705. The maximum absolute atomic E-state index is 5.23. The van der Waals surface area contributed by atoms with Crippen molar-refractivity contribution in [2.75, 3.05) is 0 Å². The van der Waals surface area contributed by atoms with E-state index in [9.17, 15) is 0 Å². The van der Waals surface area contributed by atoms with Crippen molar-refractivity contribution < 1.29 is 0 Å². The summed E-state index contributed by atoms with van der Waals surface area (Å²) in [6.07, 6.45) is 2.18. The Morgan fingerprint density at radius 2 is 1.04 bits per heavy atom. The van der Waals surface area contributed by atoms with E-state index in [4.69, 9.17) is 9.97 Å². The van der Waals surface area contributed by atoms with E-state index in [0.29, 0.717) is 5.82 Å². The summed E-state index contributed by atoms with van der Waals surface area (Å²) in [7, 11) is 0. The van der Waals surface area contributed by atoms with Gasteiger partial charge in [-0.25, -0.2) is 9.97 Å². The Morgan fingerprint density at radius 3 is 1.89 bits per heavy atom. The van der Waals surface area contributed by atoms with E-state index < -0.39 is 0 Å². The number of rotatable bonds is 5. The van der Waals surface area contributed by atoms with Crippen LogP contribution in [0.25, 0.3) is 99.5 Å². The van der Waals surface area contributed by atoms with Gasteiger partial charge in [-0.2, -0.15) is 0 Å². The van der Waals surface area contributed by atoms with Gasteiger partial charge in [-0.1, -0.05) is 127 Å². The number of fused-ring (bicyclic) bond motifs is 7. The maximum Gasteiger partial charge on any atom is 0.160 e. The average molecular weight is 689 g/mol. The largest absolute Gasteiger partial charge is 0.315 e. The normalized spacial score (nSPS) is 11.7. The molecule has 54 heavy (non-hydrogen) atoms. The molecular weight excluding hydrogens is 657 g/mol. The lowest BCUT2D eigenvalue weighted by molar-refractivity contribution is 1.11. The van der Waals surface area contributed by atoms with E-state index in [2.05, 4.69) is 197 Å². The van der Waals surface area contributed by atoms with Gasteiger partial charge >= 0.3 is 0 Å². The van der Waals surface area contributed by atoms with Crippen LogP contribution in [0.1, 0.15) is 0 Å². The monoisotopic (exact) mass is 688 g/mol. The summed E-state index contributed by atoms with van der Waals surface area (Å²) in [6.45, 7) is 0. The molecule has 8 aromatic carbocycles. The van der Waals surface area contributed by atoms with E-state index in [1.165, 1.54) is 54.6 Å². The highest BCUT2D eigenvalue weighted by atomic mass is 15.0. The molecule has 4 heteroatoms. The van der Waals surface area contributed by atoms with Crippen molar-refractivity contribution in [3.63, 3.8) is 0 Å². The van der Waals surface area contributed by atoms with Crippen LogP contribution in [0.3, 0.4) is 0 Å². The van der Waals surface area contributed by atoms with Crippen LogP contribution in [0, 0.1) is 0 Å². The Balaban J connectivity index is 1.02. The minimum atomic E-state index is 0.705. The van der Waals surface area contributed by atoms with Gasteiger partial charge in [0.2, 0.25) is 0 Å². The summed E-state index contributed by atoms with van der Waals surface area (Å²) in [5, 5.41) is 7.18. The quantitative estimate of drug-likeness (QED) is 0.180. The number of aromatic nitrogens is 4. The summed E-state index contributed by atoms with van der Waals surface area (Å²) in [6, 6.07) is 66.9. The van der Waals surface area contributed by atoms with Crippen LogP contribution < -0.4 is 0 Å². The van der Waals surface area contributed by atoms with E-state index >= 15 is 0 Å². The highest BCUT2D eigenvalue weighted by Crippen LogP contribution is 2.39. The van der Waals surface area contributed by atoms with Crippen molar-refractivity contribution in [2.45, 2.75) is 0 Å². The smallest absolute Gasteiger partial charge is 0.160 e. The number of para-hydroxylation sites is 3. The van der Waals surface area contributed by atoms with Crippen LogP contribution in [-0.2, 0) is 0 Å². The van der Waals surface area contributed by atoms with Crippen LogP contribution in [0.15, 0.2) is 194 Å². The molecule has 0 aliphatic rings. The van der Waals surface area contributed by atoms with Gasteiger partial charge in [-0.15, -0.1) is 0 Å². The minimum absolute atomic E-state index is 0.705. The molecule has 11 aromatic rings. The third-order valence-electron chi connectivity index (χ3n) is 10.7. The molecule has 0 radical (unpaired) electrons. The molecule has 252 valence electrons. The molecule has 0 atom stereocenters. The van der Waals surface area contributed by atoms with Gasteiger partial charge < -0.3 is 9.13 Å². The predicted octanol–water partition coefficient (Wildman–Crippen LogP) is 12.8. The zero-order chi connectivity index (χ0) is 35.6. The fourth-order valence-electron chi connectivity index (χ4n) is 8.12. The Hall–Kier alpha value is -7.30. The first-order valence-electron chi connectivity index (χ1n) is 18.3. The predicted molar refractivity (Wildman–Crippen MR) is 225 cm³/mol. The third-order valence-corrected chi connectivity index (χ3v) is 10.7. The lowest BCUT2D eigenvalue weighted by Crippen LogP contribution is -1.99. The molecular formula is C50H32N4. The van der Waals surface area contributed by atoms with Gasteiger partial charge in [-0.3, -0.25) is 0 Å². The summed E-state index contributed by atoms with van der Waals surface area (Å²) in [4.78, 5) is 10.3. The van der Waals surface area contributed by atoms with Gasteiger partial charge in [-0.05, 0) is 82.6 Å². The van der Waals surface area contributed by atoms with Crippen LogP contribution in [0.5, 0.6) is 0 Å². The van der Waals surface area contributed by atoms with Crippen LogP contribution in [0.2, 0.25) is 0 Å². The zero-order valence-electron chi connectivity index (χ0n) is 29.3. The summed E-state index contributed by atoms with van der Waals surface area (Å²) >= 11 is 0. The SMILES string of the molecule is c1ccc(-n2ccc3ccc4c5ccccc5n(-c5ccc(-c6nc(-c7ccc(-c8ccc9ccccc9c8)cc7)c7ccccc7n6)cc5)c4c32)cc1. The van der Waals surface area contributed by atoms with Crippen molar-refractivity contribution in [2.24, 2.45) is 0 Å². The van der Waals surface area contributed by atoms with Gasteiger partial charge in [0.15, 0.2) is 5.82 Å². The first kappa shape index (κ1) is 30.3. The summed E-state index contributed by atoms with van der Waals surface area (Å²) < 4.78 is 4.71. The molecule has 0 saturated heterocycles. The van der Waals surface area contributed by atoms with Crippen LogP contribution in [0.4, 0.5) is 0 Å². The van der Waals surface area contributed by atoms with Crippen molar-refractivity contribution >= 4 is 54.4 Å². The highest BCUT2D eigenvalue weighted by molar-refractivity contribution is 6.18. The maximum atomic E-state index is 5.23. The van der Waals surface area contributed by atoms with E-state index in [-0.39, 0.29) is 0 Å². The van der Waals surface area contributed by atoms with E-state index in [1.54, 1.807) is 0 Å². The molecule has 4 nitrogen and oxygen atoms in total.